The summed E-state index contributed by atoms with van der Waals surface area (Å²) in [7, 11) is 0. The number of carbonyl (C=O) groups is 2. The van der Waals surface area contributed by atoms with E-state index in [-0.39, 0.29) is 18.3 Å². The van der Waals surface area contributed by atoms with Crippen molar-refractivity contribution in [1.82, 2.24) is 19.7 Å². The summed E-state index contributed by atoms with van der Waals surface area (Å²) < 4.78 is 19.8. The number of hydrogen-bond donors (Lipinski definition) is 1. The Bertz CT molecular complexity index is 1570. The van der Waals surface area contributed by atoms with Gasteiger partial charge in [0.1, 0.15) is 6.04 Å². The van der Waals surface area contributed by atoms with Gasteiger partial charge >= 0.3 is 0 Å². The van der Waals surface area contributed by atoms with Crippen LogP contribution in [0.15, 0.2) is 57.3 Å². The Balaban J connectivity index is 1.32. The summed E-state index contributed by atoms with van der Waals surface area (Å²) in [5, 5.41) is 9.49. The summed E-state index contributed by atoms with van der Waals surface area (Å²) in [5.74, 6) is 2.05. The molecule has 3 aliphatic rings. The van der Waals surface area contributed by atoms with Crippen LogP contribution in [0.1, 0.15) is 43.4 Å². The topological polar surface area (TPSA) is 108 Å². The second kappa shape index (κ2) is 13.3. The maximum atomic E-state index is 13.4. The molecule has 3 aromatic rings. The molecule has 1 unspecified atom stereocenters. The summed E-state index contributed by atoms with van der Waals surface area (Å²) in [6.45, 7) is 4.27. The Hall–Kier alpha value is -3.06. The molecule has 10 nitrogen and oxygen atoms in total. The number of ether oxygens (including phenoxy) is 3. The van der Waals surface area contributed by atoms with E-state index in [0.29, 0.717) is 82.8 Å². The molecule has 1 saturated heterocycles. The van der Waals surface area contributed by atoms with E-state index in [0.717, 1.165) is 29.7 Å². The van der Waals surface area contributed by atoms with Crippen molar-refractivity contribution in [2.24, 2.45) is 0 Å². The lowest BCUT2D eigenvalue weighted by Crippen LogP contribution is -2.43. The Kier molecular flexibility index (Phi) is 9.27. The number of morpholine rings is 1. The molecule has 0 bridgehead atoms. The van der Waals surface area contributed by atoms with Gasteiger partial charge in [0.05, 0.1) is 24.3 Å². The van der Waals surface area contributed by atoms with E-state index in [1.807, 2.05) is 43.3 Å². The van der Waals surface area contributed by atoms with E-state index in [4.69, 9.17) is 35.9 Å². The molecule has 0 saturated carbocycles. The summed E-state index contributed by atoms with van der Waals surface area (Å²) in [4.78, 5) is 32.7. The standard InChI is InChI=1S/C30H31BrClN5O5S/c1-2-41-24-15-19(14-20(31)28(24)42-16-25(39)36-10-12-40-13-11-36)27-26-22(8-5-9-23(26)38)33-29-34-30(35-37(27)29)43-17-18-6-3-4-7-21(18)32/h3-4,6-7,14-15,27H,2,5,8-13,16-17H2,1H3,(H,33,34,35). The molecule has 43 heavy (non-hydrogen) atoms. The first-order valence-electron chi connectivity index (χ1n) is 14.2. The number of anilines is 1. The lowest BCUT2D eigenvalue weighted by atomic mass is 9.85. The molecule has 1 fully saturated rings. The van der Waals surface area contributed by atoms with Gasteiger partial charge in [0, 0.05) is 41.6 Å². The van der Waals surface area contributed by atoms with E-state index in [1.165, 1.54) is 11.8 Å². The zero-order valence-corrected chi connectivity index (χ0v) is 26.8. The average Bonchev–Trinajstić information content (AvgIpc) is 3.42. The van der Waals surface area contributed by atoms with Gasteiger partial charge in [-0.3, -0.25) is 9.59 Å². The second-order valence-electron chi connectivity index (χ2n) is 10.3. The minimum Gasteiger partial charge on any atom is -0.490 e. The minimum atomic E-state index is -0.513. The molecule has 13 heteroatoms. The fourth-order valence-electron chi connectivity index (χ4n) is 5.45. The van der Waals surface area contributed by atoms with Crippen LogP contribution in [0.4, 0.5) is 5.95 Å². The number of carbonyl (C=O) groups excluding carboxylic acids is 2. The highest BCUT2D eigenvalue weighted by Crippen LogP contribution is 2.45. The summed E-state index contributed by atoms with van der Waals surface area (Å²) in [5.41, 5.74) is 3.33. The van der Waals surface area contributed by atoms with Crippen molar-refractivity contribution < 1.29 is 23.8 Å². The number of ketones is 1. The summed E-state index contributed by atoms with van der Waals surface area (Å²) in [6, 6.07) is 11.0. The number of hydrogen-bond acceptors (Lipinski definition) is 9. The number of rotatable bonds is 9. The molecule has 0 spiro atoms. The van der Waals surface area contributed by atoms with Gasteiger partial charge in [-0.2, -0.15) is 4.98 Å². The van der Waals surface area contributed by atoms with Crippen molar-refractivity contribution >= 4 is 56.9 Å². The van der Waals surface area contributed by atoms with E-state index in [1.54, 1.807) is 9.58 Å². The van der Waals surface area contributed by atoms with Gasteiger partial charge in [-0.25, -0.2) is 4.68 Å². The van der Waals surface area contributed by atoms with Crippen LogP contribution in [0.25, 0.3) is 0 Å². The van der Waals surface area contributed by atoms with Crippen molar-refractivity contribution in [3.05, 3.63) is 68.3 Å². The second-order valence-corrected chi connectivity index (χ2v) is 12.5. The number of amides is 1. The number of fused-ring (bicyclic) bond motifs is 1. The zero-order valence-electron chi connectivity index (χ0n) is 23.6. The quantitative estimate of drug-likeness (QED) is 0.286. The normalized spacial score (nSPS) is 18.2. The molecule has 3 heterocycles. The van der Waals surface area contributed by atoms with Crippen molar-refractivity contribution in [3.63, 3.8) is 0 Å². The van der Waals surface area contributed by atoms with Crippen LogP contribution in [0.5, 0.6) is 11.5 Å². The van der Waals surface area contributed by atoms with Gasteiger partial charge in [-0.05, 0) is 65.0 Å². The highest BCUT2D eigenvalue weighted by Gasteiger charge is 2.37. The highest BCUT2D eigenvalue weighted by molar-refractivity contribution is 9.10. The van der Waals surface area contributed by atoms with Gasteiger partial charge in [-0.1, -0.05) is 41.6 Å². The lowest BCUT2D eigenvalue weighted by Gasteiger charge is -2.32. The van der Waals surface area contributed by atoms with Crippen molar-refractivity contribution in [2.45, 2.75) is 43.1 Å². The van der Waals surface area contributed by atoms with Crippen LogP contribution in [0.2, 0.25) is 5.02 Å². The van der Waals surface area contributed by atoms with E-state index in [9.17, 15) is 9.59 Å². The monoisotopic (exact) mass is 687 g/mol. The smallest absolute Gasteiger partial charge is 0.260 e. The molecular formula is C30H31BrClN5O5S. The maximum absolute atomic E-state index is 13.4. The first-order chi connectivity index (χ1) is 20.9. The van der Waals surface area contributed by atoms with Crippen LogP contribution < -0.4 is 14.8 Å². The fourth-order valence-corrected chi connectivity index (χ4v) is 7.14. The number of halogens is 2. The molecule has 1 aromatic heterocycles. The van der Waals surface area contributed by atoms with E-state index in [2.05, 4.69) is 21.2 Å². The number of thioether (sulfide) groups is 1. The van der Waals surface area contributed by atoms with Crippen molar-refractivity contribution in [2.75, 3.05) is 44.8 Å². The first kappa shape index (κ1) is 30.0. The van der Waals surface area contributed by atoms with E-state index < -0.39 is 6.04 Å². The third-order valence-corrected chi connectivity index (χ3v) is 9.36. The van der Waals surface area contributed by atoms with Gasteiger partial charge in [0.2, 0.25) is 11.1 Å². The summed E-state index contributed by atoms with van der Waals surface area (Å²) in [6.07, 6.45) is 1.99. The Morgan fingerprint density at radius 2 is 2.02 bits per heavy atom. The molecule has 6 rings (SSSR count). The molecule has 0 radical (unpaired) electrons. The van der Waals surface area contributed by atoms with Gasteiger partial charge in [0.15, 0.2) is 23.9 Å². The van der Waals surface area contributed by atoms with Crippen LogP contribution >= 0.6 is 39.3 Å². The largest absolute Gasteiger partial charge is 0.490 e. The fraction of sp³-hybridized carbons (Fsp3) is 0.400. The van der Waals surface area contributed by atoms with Crippen molar-refractivity contribution in [3.8, 4) is 11.5 Å². The predicted molar refractivity (Wildman–Crippen MR) is 167 cm³/mol. The maximum Gasteiger partial charge on any atom is 0.260 e. The Morgan fingerprint density at radius 1 is 1.21 bits per heavy atom. The average molecular weight is 689 g/mol. The van der Waals surface area contributed by atoms with Gasteiger partial charge in [0.25, 0.3) is 5.91 Å². The van der Waals surface area contributed by atoms with Crippen molar-refractivity contribution in [1.29, 1.82) is 0 Å². The summed E-state index contributed by atoms with van der Waals surface area (Å²) >= 11 is 11.5. The Labute approximate surface area is 267 Å². The molecule has 1 N–H and O–H groups in total. The SMILES string of the molecule is CCOc1cc(C2C3=C(CCCC3=O)Nc3nc(SCc4ccccc4Cl)nn32)cc(Br)c1OCC(=O)N1CCOCC1. The number of aromatic nitrogens is 3. The number of nitrogens with zero attached hydrogens (tertiary/aromatic N) is 4. The minimum absolute atomic E-state index is 0.0793. The number of nitrogens with one attached hydrogen (secondary N) is 1. The lowest BCUT2D eigenvalue weighted by molar-refractivity contribution is -0.137. The van der Waals surface area contributed by atoms with Crippen LogP contribution in [0.3, 0.4) is 0 Å². The first-order valence-corrected chi connectivity index (χ1v) is 16.4. The zero-order chi connectivity index (χ0) is 29.9. The third kappa shape index (κ3) is 6.43. The van der Waals surface area contributed by atoms with Gasteiger partial charge < -0.3 is 24.4 Å². The molecule has 1 atom stereocenters. The number of allylic oxidation sites excluding steroid dienone is 2. The molecule has 1 amide bonds. The van der Waals surface area contributed by atoms with E-state index >= 15 is 0 Å². The molecule has 1 aliphatic carbocycles. The molecule has 226 valence electrons. The Morgan fingerprint density at radius 3 is 2.81 bits per heavy atom. The van der Waals surface area contributed by atoms with Crippen LogP contribution in [0, 0.1) is 0 Å². The molecular weight excluding hydrogens is 658 g/mol. The predicted octanol–water partition coefficient (Wildman–Crippen LogP) is 5.64. The van der Waals surface area contributed by atoms with Crippen LogP contribution in [-0.2, 0) is 20.1 Å². The number of benzene rings is 2. The number of Topliss-reactive ketones (excluding diaryl/α,β-unsaturated/α-hetero) is 1. The molecule has 2 aromatic carbocycles. The third-order valence-electron chi connectivity index (χ3n) is 7.51. The molecule has 2 aliphatic heterocycles. The highest BCUT2D eigenvalue weighted by atomic mass is 79.9. The van der Waals surface area contributed by atoms with Gasteiger partial charge in [-0.15, -0.1) is 5.10 Å². The van der Waals surface area contributed by atoms with Crippen LogP contribution in [-0.4, -0.2) is 70.9 Å².